The van der Waals surface area contributed by atoms with E-state index < -0.39 is 0 Å². The summed E-state index contributed by atoms with van der Waals surface area (Å²) in [6.45, 7) is 4.53. The standard InChI is InChI=1S/C18H27N3O/c22-18(16-7-10-19-11-8-16)21-14-5-2-6-17(21)9-15-20-12-3-1-4-13-20/h7-8,10-11,17H,1-6,9,12-15H2/t17-/m0/s1. The number of pyridine rings is 1. The number of amides is 1. The van der Waals surface area contributed by atoms with E-state index in [-0.39, 0.29) is 5.91 Å². The van der Waals surface area contributed by atoms with Gasteiger partial charge in [-0.25, -0.2) is 0 Å². The van der Waals surface area contributed by atoms with Gasteiger partial charge >= 0.3 is 0 Å². The summed E-state index contributed by atoms with van der Waals surface area (Å²) in [5.74, 6) is 0.186. The predicted octanol–water partition coefficient (Wildman–Crippen LogP) is 2.95. The molecule has 1 aromatic rings. The highest BCUT2D eigenvalue weighted by molar-refractivity contribution is 5.94. The van der Waals surface area contributed by atoms with Gasteiger partial charge in [0.2, 0.25) is 0 Å². The van der Waals surface area contributed by atoms with E-state index in [2.05, 4.69) is 14.8 Å². The number of carbonyl (C=O) groups is 1. The number of carbonyl (C=O) groups excluding carboxylic acids is 1. The summed E-state index contributed by atoms with van der Waals surface area (Å²) < 4.78 is 0. The zero-order chi connectivity index (χ0) is 15.2. The molecule has 4 heteroatoms. The maximum atomic E-state index is 12.7. The predicted molar refractivity (Wildman–Crippen MR) is 87.8 cm³/mol. The van der Waals surface area contributed by atoms with Crippen LogP contribution in [0.25, 0.3) is 0 Å². The van der Waals surface area contributed by atoms with Gasteiger partial charge in [0.05, 0.1) is 0 Å². The lowest BCUT2D eigenvalue weighted by molar-refractivity contribution is 0.0579. The molecule has 1 atom stereocenters. The van der Waals surface area contributed by atoms with Crippen molar-refractivity contribution in [2.24, 2.45) is 0 Å². The zero-order valence-corrected chi connectivity index (χ0v) is 13.4. The molecule has 0 N–H and O–H groups in total. The molecule has 0 bridgehead atoms. The molecule has 120 valence electrons. The molecule has 2 fully saturated rings. The SMILES string of the molecule is O=C(c1ccncc1)N1CCCC[C@H]1CCN1CCCCC1. The van der Waals surface area contributed by atoms with Crippen LogP contribution in [-0.4, -0.2) is 52.9 Å². The molecule has 2 aliphatic rings. The van der Waals surface area contributed by atoms with Crippen molar-refractivity contribution in [2.45, 2.75) is 51.0 Å². The van der Waals surface area contributed by atoms with Crippen LogP contribution in [-0.2, 0) is 0 Å². The molecule has 0 saturated carbocycles. The molecule has 0 aliphatic carbocycles. The third-order valence-corrected chi connectivity index (χ3v) is 5.04. The largest absolute Gasteiger partial charge is 0.336 e. The van der Waals surface area contributed by atoms with E-state index in [9.17, 15) is 4.79 Å². The number of piperidine rings is 2. The maximum absolute atomic E-state index is 12.7. The van der Waals surface area contributed by atoms with Gasteiger partial charge in [-0.15, -0.1) is 0 Å². The van der Waals surface area contributed by atoms with Crippen molar-refractivity contribution in [2.75, 3.05) is 26.2 Å². The van der Waals surface area contributed by atoms with Crippen LogP contribution in [0.3, 0.4) is 0 Å². The summed E-state index contributed by atoms with van der Waals surface area (Å²) in [7, 11) is 0. The lowest BCUT2D eigenvalue weighted by Crippen LogP contribution is -2.45. The first-order valence-corrected chi connectivity index (χ1v) is 8.78. The van der Waals surface area contributed by atoms with Gasteiger partial charge in [0.25, 0.3) is 5.91 Å². The van der Waals surface area contributed by atoms with Gasteiger partial charge in [-0.2, -0.15) is 0 Å². The minimum absolute atomic E-state index is 0.186. The van der Waals surface area contributed by atoms with Gasteiger partial charge in [0.1, 0.15) is 0 Å². The Labute approximate surface area is 133 Å². The van der Waals surface area contributed by atoms with Crippen LogP contribution in [0.5, 0.6) is 0 Å². The Kier molecular flexibility index (Phi) is 5.43. The van der Waals surface area contributed by atoms with Crippen molar-refractivity contribution in [3.05, 3.63) is 30.1 Å². The highest BCUT2D eigenvalue weighted by Crippen LogP contribution is 2.23. The van der Waals surface area contributed by atoms with Crippen LogP contribution in [0.1, 0.15) is 55.3 Å². The van der Waals surface area contributed by atoms with Crippen molar-refractivity contribution in [3.63, 3.8) is 0 Å². The summed E-state index contributed by atoms with van der Waals surface area (Å²) in [5.41, 5.74) is 0.778. The summed E-state index contributed by atoms with van der Waals surface area (Å²) in [5, 5.41) is 0. The number of likely N-dealkylation sites (tertiary alicyclic amines) is 2. The molecular weight excluding hydrogens is 274 g/mol. The lowest BCUT2D eigenvalue weighted by atomic mass is 9.97. The van der Waals surface area contributed by atoms with E-state index in [4.69, 9.17) is 0 Å². The van der Waals surface area contributed by atoms with Crippen LogP contribution < -0.4 is 0 Å². The van der Waals surface area contributed by atoms with Crippen molar-refractivity contribution >= 4 is 5.91 Å². The Bertz CT molecular complexity index is 470. The highest BCUT2D eigenvalue weighted by atomic mass is 16.2. The highest BCUT2D eigenvalue weighted by Gasteiger charge is 2.27. The quantitative estimate of drug-likeness (QED) is 0.858. The topological polar surface area (TPSA) is 36.4 Å². The number of nitrogens with zero attached hydrogens (tertiary/aromatic N) is 3. The van der Waals surface area contributed by atoms with Crippen LogP contribution in [0.4, 0.5) is 0 Å². The van der Waals surface area contributed by atoms with Crippen LogP contribution >= 0.6 is 0 Å². The normalized spacial score (nSPS) is 23.5. The molecule has 0 aromatic carbocycles. The first-order valence-electron chi connectivity index (χ1n) is 8.78. The molecule has 1 aromatic heterocycles. The number of hydrogen-bond acceptors (Lipinski definition) is 3. The Morgan fingerprint density at radius 1 is 1.05 bits per heavy atom. The van der Waals surface area contributed by atoms with Crippen LogP contribution in [0.2, 0.25) is 0 Å². The van der Waals surface area contributed by atoms with Gasteiger partial charge in [-0.05, 0) is 63.7 Å². The molecule has 0 unspecified atom stereocenters. The van der Waals surface area contributed by atoms with E-state index in [1.807, 2.05) is 12.1 Å². The van der Waals surface area contributed by atoms with Gasteiger partial charge in [0, 0.05) is 37.1 Å². The zero-order valence-electron chi connectivity index (χ0n) is 13.4. The van der Waals surface area contributed by atoms with Gasteiger partial charge in [-0.3, -0.25) is 9.78 Å². The molecule has 4 nitrogen and oxygen atoms in total. The average Bonchev–Trinajstić information content (AvgIpc) is 2.61. The van der Waals surface area contributed by atoms with E-state index in [1.165, 1.54) is 38.8 Å². The number of hydrogen-bond donors (Lipinski definition) is 0. The van der Waals surface area contributed by atoms with Crippen molar-refractivity contribution in [1.29, 1.82) is 0 Å². The Balaban J connectivity index is 1.59. The fourth-order valence-corrected chi connectivity index (χ4v) is 3.74. The average molecular weight is 301 g/mol. The molecule has 2 saturated heterocycles. The van der Waals surface area contributed by atoms with E-state index >= 15 is 0 Å². The number of aromatic nitrogens is 1. The number of rotatable bonds is 4. The molecule has 0 radical (unpaired) electrons. The molecule has 22 heavy (non-hydrogen) atoms. The monoisotopic (exact) mass is 301 g/mol. The van der Waals surface area contributed by atoms with Crippen molar-refractivity contribution in [3.8, 4) is 0 Å². The second kappa shape index (κ2) is 7.73. The van der Waals surface area contributed by atoms with Crippen LogP contribution in [0, 0.1) is 0 Å². The molecule has 0 spiro atoms. The molecule has 1 amide bonds. The van der Waals surface area contributed by atoms with Crippen molar-refractivity contribution in [1.82, 2.24) is 14.8 Å². The lowest BCUT2D eigenvalue weighted by Gasteiger charge is -2.37. The minimum Gasteiger partial charge on any atom is -0.336 e. The van der Waals surface area contributed by atoms with Crippen LogP contribution in [0.15, 0.2) is 24.5 Å². The second-order valence-corrected chi connectivity index (χ2v) is 6.58. The third kappa shape index (κ3) is 3.86. The first-order chi connectivity index (χ1) is 10.8. The smallest absolute Gasteiger partial charge is 0.254 e. The summed E-state index contributed by atoms with van der Waals surface area (Å²) >= 11 is 0. The fraction of sp³-hybridized carbons (Fsp3) is 0.667. The maximum Gasteiger partial charge on any atom is 0.254 e. The second-order valence-electron chi connectivity index (χ2n) is 6.58. The summed E-state index contributed by atoms with van der Waals surface area (Å²) in [4.78, 5) is 21.4. The minimum atomic E-state index is 0.186. The fourth-order valence-electron chi connectivity index (χ4n) is 3.74. The molecule has 3 heterocycles. The Morgan fingerprint density at radius 3 is 2.55 bits per heavy atom. The molecule has 3 rings (SSSR count). The summed E-state index contributed by atoms with van der Waals surface area (Å²) in [6, 6.07) is 4.08. The van der Waals surface area contributed by atoms with Gasteiger partial charge in [-0.1, -0.05) is 6.42 Å². The van der Waals surface area contributed by atoms with E-state index in [0.29, 0.717) is 6.04 Å². The van der Waals surface area contributed by atoms with Crippen molar-refractivity contribution < 1.29 is 4.79 Å². The Hall–Kier alpha value is -1.42. The first kappa shape index (κ1) is 15.5. The van der Waals surface area contributed by atoms with E-state index in [1.54, 1.807) is 12.4 Å². The molecular formula is C18H27N3O. The van der Waals surface area contributed by atoms with E-state index in [0.717, 1.165) is 37.9 Å². The van der Waals surface area contributed by atoms with Gasteiger partial charge in [0.15, 0.2) is 0 Å². The van der Waals surface area contributed by atoms with Gasteiger partial charge < -0.3 is 9.80 Å². The Morgan fingerprint density at radius 2 is 1.77 bits per heavy atom. The summed E-state index contributed by atoms with van der Waals surface area (Å²) in [6.07, 6.45) is 12.1. The molecule has 2 aliphatic heterocycles. The third-order valence-electron chi connectivity index (χ3n) is 5.04.